The number of sulfone groups is 1. The highest BCUT2D eigenvalue weighted by molar-refractivity contribution is 7.90. The van der Waals surface area contributed by atoms with Gasteiger partial charge in [-0.1, -0.05) is 31.1 Å². The Morgan fingerprint density at radius 3 is 2.40 bits per heavy atom. The molecule has 5 rings (SSSR count). The maximum absolute atomic E-state index is 15.1. The molecular weight excluding hydrogens is 469 g/mol. The number of hydrogen-bond acceptors (Lipinski definition) is 8. The van der Waals surface area contributed by atoms with Gasteiger partial charge in [-0.05, 0) is 42.7 Å². The van der Waals surface area contributed by atoms with Gasteiger partial charge in [0.2, 0.25) is 5.89 Å². The second-order valence-corrected chi connectivity index (χ2v) is 11.2. The third kappa shape index (κ3) is 4.50. The van der Waals surface area contributed by atoms with E-state index in [9.17, 15) is 8.42 Å². The number of halogens is 1. The lowest BCUT2D eigenvalue weighted by atomic mass is 9.96. The summed E-state index contributed by atoms with van der Waals surface area (Å²) < 4.78 is 44.2. The van der Waals surface area contributed by atoms with Gasteiger partial charge in [-0.3, -0.25) is 0 Å². The Balaban J connectivity index is 1.45. The van der Waals surface area contributed by atoms with Gasteiger partial charge in [-0.2, -0.15) is 4.98 Å². The second-order valence-electron chi connectivity index (χ2n) is 9.22. The molecule has 0 amide bonds. The fourth-order valence-electron chi connectivity index (χ4n) is 4.46. The first kappa shape index (κ1) is 23.3. The Hall–Kier alpha value is -3.40. The number of fused-ring (bicyclic) bond motifs is 1. The molecule has 1 aliphatic heterocycles. The zero-order valence-corrected chi connectivity index (χ0v) is 20.6. The maximum atomic E-state index is 15.1. The van der Waals surface area contributed by atoms with Crippen LogP contribution in [0, 0.1) is 5.82 Å². The van der Waals surface area contributed by atoms with Crippen LogP contribution in [0.5, 0.6) is 0 Å². The maximum Gasteiger partial charge on any atom is 0.229 e. The Kier molecular flexibility index (Phi) is 6.00. The van der Waals surface area contributed by atoms with Crippen LogP contribution in [-0.4, -0.2) is 47.9 Å². The molecule has 1 saturated heterocycles. The lowest BCUT2D eigenvalue weighted by molar-refractivity contribution is 0.326. The van der Waals surface area contributed by atoms with Gasteiger partial charge in [0.1, 0.15) is 18.0 Å². The van der Waals surface area contributed by atoms with E-state index in [0.717, 1.165) is 18.4 Å². The Morgan fingerprint density at radius 1 is 1.06 bits per heavy atom. The minimum atomic E-state index is -3.31. The van der Waals surface area contributed by atoms with Crippen LogP contribution in [0.2, 0.25) is 0 Å². The molecule has 10 heteroatoms. The van der Waals surface area contributed by atoms with E-state index in [-0.39, 0.29) is 16.7 Å². The highest BCUT2D eigenvalue weighted by atomic mass is 32.2. The van der Waals surface area contributed by atoms with E-state index in [1.165, 1.54) is 18.6 Å². The molecule has 4 aromatic rings. The number of hydrogen-bond donors (Lipinski definition) is 0. The molecule has 8 nitrogen and oxygen atoms in total. The van der Waals surface area contributed by atoms with Crippen LogP contribution < -0.4 is 4.90 Å². The topological polar surface area (TPSA) is 102 Å². The molecule has 0 spiro atoms. The van der Waals surface area contributed by atoms with Gasteiger partial charge in [0, 0.05) is 36.7 Å². The molecule has 1 aliphatic rings. The fourth-order valence-corrected chi connectivity index (χ4v) is 5.09. The number of anilines is 1. The zero-order valence-electron chi connectivity index (χ0n) is 19.8. The van der Waals surface area contributed by atoms with Gasteiger partial charge in [0.25, 0.3) is 0 Å². The summed E-state index contributed by atoms with van der Waals surface area (Å²) in [6, 6.07) is 9.61. The Labute approximate surface area is 203 Å². The third-order valence-corrected chi connectivity index (χ3v) is 7.56. The van der Waals surface area contributed by atoms with E-state index < -0.39 is 15.7 Å². The predicted molar refractivity (Wildman–Crippen MR) is 131 cm³/mol. The van der Waals surface area contributed by atoms with Crippen molar-refractivity contribution in [3.8, 4) is 11.1 Å². The van der Waals surface area contributed by atoms with Crippen LogP contribution in [0.3, 0.4) is 0 Å². The highest BCUT2D eigenvalue weighted by Crippen LogP contribution is 2.36. The van der Waals surface area contributed by atoms with Gasteiger partial charge in [0.15, 0.2) is 15.7 Å². The first-order valence-electron chi connectivity index (χ1n) is 11.5. The summed E-state index contributed by atoms with van der Waals surface area (Å²) in [5.41, 5.74) is 1.96. The standard InChI is InChI=1S/C25H26FN5O3S/c1-15(2)23-29-25(34-30-23)17-10-12-31(13-11-17)24-21-20(26)9-8-19(22(21)27-14-28-24)16-4-6-18(7-5-16)35(3,32)33/h4-9,14-15,17H,10-13H2,1-3H3. The first-order chi connectivity index (χ1) is 16.7. The quantitative estimate of drug-likeness (QED) is 0.392. The fraction of sp³-hybridized carbons (Fsp3) is 0.360. The number of benzene rings is 2. The minimum Gasteiger partial charge on any atom is -0.356 e. The molecule has 0 atom stereocenters. The van der Waals surface area contributed by atoms with Crippen molar-refractivity contribution in [3.63, 3.8) is 0 Å². The minimum absolute atomic E-state index is 0.160. The van der Waals surface area contributed by atoms with E-state index in [2.05, 4.69) is 25.0 Å². The van der Waals surface area contributed by atoms with E-state index in [4.69, 9.17) is 4.52 Å². The van der Waals surface area contributed by atoms with Crippen LogP contribution in [0.15, 0.2) is 52.1 Å². The molecule has 0 bridgehead atoms. The number of aromatic nitrogens is 4. The summed E-state index contributed by atoms with van der Waals surface area (Å²) in [6.45, 7) is 5.40. The molecule has 35 heavy (non-hydrogen) atoms. The van der Waals surface area contributed by atoms with Crippen LogP contribution in [0.1, 0.15) is 50.2 Å². The zero-order chi connectivity index (χ0) is 24.7. The molecule has 3 heterocycles. The molecule has 0 aliphatic carbocycles. The summed E-state index contributed by atoms with van der Waals surface area (Å²) in [6.07, 6.45) is 4.20. The summed E-state index contributed by atoms with van der Waals surface area (Å²) in [7, 11) is -3.31. The molecular formula is C25H26FN5O3S. The van der Waals surface area contributed by atoms with Gasteiger partial charge in [-0.25, -0.2) is 22.8 Å². The molecule has 2 aromatic carbocycles. The van der Waals surface area contributed by atoms with Crippen molar-refractivity contribution < 1.29 is 17.3 Å². The largest absolute Gasteiger partial charge is 0.356 e. The van der Waals surface area contributed by atoms with Crippen molar-refractivity contribution in [2.24, 2.45) is 0 Å². The SMILES string of the molecule is CC(C)c1noc(C2CCN(c3ncnc4c(-c5ccc(S(C)(=O)=O)cc5)ccc(F)c34)CC2)n1. The normalized spacial score (nSPS) is 15.3. The average molecular weight is 496 g/mol. The number of piperidine rings is 1. The smallest absolute Gasteiger partial charge is 0.229 e. The van der Waals surface area contributed by atoms with Crippen LogP contribution in [0.4, 0.5) is 10.2 Å². The number of rotatable bonds is 5. The summed E-state index contributed by atoms with van der Waals surface area (Å²) in [4.78, 5) is 15.7. The van der Waals surface area contributed by atoms with Crippen molar-refractivity contribution in [1.82, 2.24) is 20.1 Å². The van der Waals surface area contributed by atoms with Crippen LogP contribution in [0.25, 0.3) is 22.0 Å². The van der Waals surface area contributed by atoms with Gasteiger partial charge >= 0.3 is 0 Å². The van der Waals surface area contributed by atoms with Crippen molar-refractivity contribution in [1.29, 1.82) is 0 Å². The molecule has 1 fully saturated rings. The lowest BCUT2D eigenvalue weighted by Crippen LogP contribution is -2.34. The molecule has 182 valence electrons. The molecule has 0 saturated carbocycles. The summed E-state index contributed by atoms with van der Waals surface area (Å²) >= 11 is 0. The van der Waals surface area contributed by atoms with Crippen molar-refractivity contribution in [2.45, 2.75) is 43.4 Å². The van der Waals surface area contributed by atoms with E-state index in [1.807, 2.05) is 13.8 Å². The van der Waals surface area contributed by atoms with E-state index in [1.54, 1.807) is 30.3 Å². The van der Waals surface area contributed by atoms with Gasteiger partial charge in [0.05, 0.1) is 15.8 Å². The van der Waals surface area contributed by atoms with Crippen molar-refractivity contribution >= 4 is 26.6 Å². The monoisotopic (exact) mass is 495 g/mol. The lowest BCUT2D eigenvalue weighted by Gasteiger charge is -2.32. The van der Waals surface area contributed by atoms with Crippen LogP contribution >= 0.6 is 0 Å². The molecule has 0 N–H and O–H groups in total. The van der Waals surface area contributed by atoms with E-state index in [0.29, 0.717) is 47.1 Å². The average Bonchev–Trinajstić information content (AvgIpc) is 3.35. The van der Waals surface area contributed by atoms with Crippen molar-refractivity contribution in [3.05, 3.63) is 60.3 Å². The summed E-state index contributed by atoms with van der Waals surface area (Å²) in [5.74, 6) is 1.89. The summed E-state index contributed by atoms with van der Waals surface area (Å²) in [5, 5.41) is 4.43. The first-order valence-corrected chi connectivity index (χ1v) is 13.4. The Morgan fingerprint density at radius 2 is 1.77 bits per heavy atom. The van der Waals surface area contributed by atoms with E-state index >= 15 is 4.39 Å². The predicted octanol–water partition coefficient (Wildman–Crippen LogP) is 4.73. The number of nitrogens with zero attached hydrogens (tertiary/aromatic N) is 5. The molecule has 2 aromatic heterocycles. The Bertz CT molecular complexity index is 1480. The molecule has 0 unspecified atom stereocenters. The highest BCUT2D eigenvalue weighted by Gasteiger charge is 2.28. The second kappa shape index (κ2) is 8.99. The third-order valence-electron chi connectivity index (χ3n) is 6.43. The molecule has 0 radical (unpaired) electrons. The van der Waals surface area contributed by atoms with Gasteiger partial charge in [-0.15, -0.1) is 0 Å². The van der Waals surface area contributed by atoms with Crippen LogP contribution in [-0.2, 0) is 9.84 Å². The van der Waals surface area contributed by atoms with Crippen molar-refractivity contribution in [2.75, 3.05) is 24.2 Å². The van der Waals surface area contributed by atoms with Gasteiger partial charge < -0.3 is 9.42 Å².